The number of benzene rings is 2. The predicted molar refractivity (Wildman–Crippen MR) is 115 cm³/mol. The molecule has 2 aromatic carbocycles. The first-order valence-electron chi connectivity index (χ1n) is 10.1. The Morgan fingerprint density at radius 1 is 0.844 bits per heavy atom. The maximum atomic E-state index is 12.8. The summed E-state index contributed by atoms with van der Waals surface area (Å²) in [4.78, 5) is 48.3. The van der Waals surface area contributed by atoms with Gasteiger partial charge >= 0.3 is 18.0 Å². The summed E-state index contributed by atoms with van der Waals surface area (Å²) in [5.41, 5.74) is 1.51. The molecule has 2 atom stereocenters. The number of amides is 2. The Labute approximate surface area is 185 Å². The van der Waals surface area contributed by atoms with E-state index in [1.54, 1.807) is 61.5 Å². The van der Waals surface area contributed by atoms with Crippen LogP contribution in [0.4, 0.5) is 4.79 Å². The van der Waals surface area contributed by atoms with Crippen LogP contribution in [0.2, 0.25) is 0 Å². The molecule has 0 fully saturated rings. The first-order chi connectivity index (χ1) is 15.4. The van der Waals surface area contributed by atoms with Gasteiger partial charge in [0.2, 0.25) is 5.91 Å². The Bertz CT molecular complexity index is 903. The number of nitrogens with one attached hydrogen (secondary N) is 2. The van der Waals surface area contributed by atoms with Gasteiger partial charge in [-0.1, -0.05) is 60.7 Å². The Balaban J connectivity index is 2.06. The minimum absolute atomic E-state index is 0.00690. The fraction of sp³-hybridized carbons (Fsp3) is 0.304. The van der Waals surface area contributed by atoms with Crippen LogP contribution >= 0.6 is 0 Å². The van der Waals surface area contributed by atoms with Crippen molar-refractivity contribution >= 4 is 23.9 Å². The van der Waals surface area contributed by atoms with Crippen molar-refractivity contribution in [3.63, 3.8) is 0 Å². The summed E-state index contributed by atoms with van der Waals surface area (Å²) in [6.07, 6.45) is -1.27. The van der Waals surface area contributed by atoms with Crippen molar-refractivity contribution in [3.8, 4) is 0 Å². The van der Waals surface area contributed by atoms with Crippen LogP contribution in [-0.2, 0) is 36.9 Å². The molecular weight excluding hydrogens is 416 g/mol. The second-order valence-electron chi connectivity index (χ2n) is 6.86. The SMILES string of the molecule is CCOC(=O)C[C@H](NC(=O)[C@@H](Cc1ccccc1)NC(=O)OCc1ccccc1)C(=O)O. The van der Waals surface area contributed by atoms with E-state index in [-0.39, 0.29) is 19.6 Å². The van der Waals surface area contributed by atoms with Crippen LogP contribution in [0.15, 0.2) is 60.7 Å². The lowest BCUT2D eigenvalue weighted by Crippen LogP contribution is -2.53. The van der Waals surface area contributed by atoms with E-state index in [0.29, 0.717) is 0 Å². The zero-order chi connectivity index (χ0) is 23.3. The number of carbonyl (C=O) groups is 4. The molecule has 0 bridgehead atoms. The molecule has 0 aliphatic carbocycles. The second kappa shape index (κ2) is 12.7. The third-order valence-corrected chi connectivity index (χ3v) is 4.39. The van der Waals surface area contributed by atoms with Crippen molar-refractivity contribution in [2.75, 3.05) is 6.61 Å². The van der Waals surface area contributed by atoms with Crippen molar-refractivity contribution in [2.24, 2.45) is 0 Å². The number of hydrogen-bond donors (Lipinski definition) is 3. The molecule has 3 N–H and O–H groups in total. The van der Waals surface area contributed by atoms with Crippen LogP contribution in [0.1, 0.15) is 24.5 Å². The highest BCUT2D eigenvalue weighted by Gasteiger charge is 2.29. The number of carbonyl (C=O) groups excluding carboxylic acids is 3. The van der Waals surface area contributed by atoms with Crippen molar-refractivity contribution in [1.29, 1.82) is 0 Å². The molecule has 0 saturated carbocycles. The van der Waals surface area contributed by atoms with Crippen LogP contribution in [0.25, 0.3) is 0 Å². The highest BCUT2D eigenvalue weighted by molar-refractivity contribution is 5.91. The van der Waals surface area contributed by atoms with Gasteiger partial charge in [0.1, 0.15) is 18.7 Å². The fourth-order valence-corrected chi connectivity index (χ4v) is 2.83. The maximum absolute atomic E-state index is 12.8. The molecule has 9 heteroatoms. The highest BCUT2D eigenvalue weighted by atomic mass is 16.5. The minimum atomic E-state index is -1.50. The van der Waals surface area contributed by atoms with Crippen molar-refractivity contribution in [2.45, 2.75) is 38.5 Å². The number of carboxylic acid groups (broad SMARTS) is 1. The van der Waals surface area contributed by atoms with Gasteiger partial charge in [0.25, 0.3) is 0 Å². The van der Waals surface area contributed by atoms with Crippen molar-refractivity contribution in [3.05, 3.63) is 71.8 Å². The third kappa shape index (κ3) is 8.47. The molecule has 32 heavy (non-hydrogen) atoms. The molecule has 0 aliphatic rings. The number of carboxylic acids is 1. The van der Waals surface area contributed by atoms with E-state index in [1.165, 1.54) is 0 Å². The molecule has 0 heterocycles. The maximum Gasteiger partial charge on any atom is 0.408 e. The first-order valence-corrected chi connectivity index (χ1v) is 10.1. The van der Waals surface area contributed by atoms with E-state index in [2.05, 4.69) is 10.6 Å². The molecule has 2 rings (SSSR count). The quantitative estimate of drug-likeness (QED) is 0.454. The monoisotopic (exact) mass is 442 g/mol. The molecule has 2 amide bonds. The van der Waals surface area contributed by atoms with Crippen LogP contribution in [-0.4, -0.2) is 47.7 Å². The van der Waals surface area contributed by atoms with E-state index in [1.807, 2.05) is 6.07 Å². The van der Waals surface area contributed by atoms with Gasteiger partial charge in [0.15, 0.2) is 0 Å². The Kier molecular flexibility index (Phi) is 9.70. The number of hydrogen-bond acceptors (Lipinski definition) is 6. The summed E-state index contributed by atoms with van der Waals surface area (Å²) < 4.78 is 9.93. The predicted octanol–water partition coefficient (Wildman–Crippen LogP) is 2.05. The summed E-state index contributed by atoms with van der Waals surface area (Å²) in [6.45, 7) is 1.69. The Morgan fingerprint density at radius 3 is 2.00 bits per heavy atom. The van der Waals surface area contributed by atoms with E-state index >= 15 is 0 Å². The Morgan fingerprint density at radius 2 is 1.44 bits per heavy atom. The molecule has 0 spiro atoms. The lowest BCUT2D eigenvalue weighted by molar-refractivity contribution is -0.150. The molecule has 0 radical (unpaired) electrons. The molecule has 0 aromatic heterocycles. The van der Waals surface area contributed by atoms with Gasteiger partial charge in [0, 0.05) is 6.42 Å². The van der Waals surface area contributed by atoms with Crippen molar-refractivity contribution < 1.29 is 33.8 Å². The van der Waals surface area contributed by atoms with Crippen LogP contribution in [0.5, 0.6) is 0 Å². The molecule has 0 saturated heterocycles. The molecule has 0 unspecified atom stereocenters. The standard InChI is InChI=1S/C23H26N2O7/c1-2-31-20(26)14-19(22(28)29)24-21(27)18(13-16-9-5-3-6-10-16)25-23(30)32-15-17-11-7-4-8-12-17/h3-12,18-19H,2,13-15H2,1H3,(H,24,27)(H,25,30)(H,28,29)/t18-,19+/m1/s1. The second-order valence-corrected chi connectivity index (χ2v) is 6.86. The first kappa shape index (κ1) is 24.4. The van der Waals surface area contributed by atoms with Gasteiger partial charge in [0.05, 0.1) is 13.0 Å². The molecule has 170 valence electrons. The minimum Gasteiger partial charge on any atom is -0.480 e. The van der Waals surface area contributed by atoms with Gasteiger partial charge in [-0.2, -0.15) is 0 Å². The highest BCUT2D eigenvalue weighted by Crippen LogP contribution is 2.07. The largest absolute Gasteiger partial charge is 0.480 e. The summed E-state index contributed by atoms with van der Waals surface area (Å²) in [5.74, 6) is -2.91. The molecule has 9 nitrogen and oxygen atoms in total. The topological polar surface area (TPSA) is 131 Å². The Hall–Kier alpha value is -3.88. The van der Waals surface area contributed by atoms with E-state index < -0.39 is 42.4 Å². The van der Waals surface area contributed by atoms with Crippen LogP contribution < -0.4 is 10.6 Å². The number of aliphatic carboxylic acids is 1. The van der Waals surface area contributed by atoms with E-state index in [9.17, 15) is 24.3 Å². The normalized spacial score (nSPS) is 12.2. The number of esters is 1. The van der Waals surface area contributed by atoms with Crippen LogP contribution in [0, 0.1) is 0 Å². The molecular formula is C23H26N2O7. The fourth-order valence-electron chi connectivity index (χ4n) is 2.83. The van der Waals surface area contributed by atoms with Gasteiger partial charge in [-0.15, -0.1) is 0 Å². The summed E-state index contributed by atoms with van der Waals surface area (Å²) >= 11 is 0. The lowest BCUT2D eigenvalue weighted by atomic mass is 10.0. The summed E-state index contributed by atoms with van der Waals surface area (Å²) in [6, 6.07) is 15.3. The van der Waals surface area contributed by atoms with Gasteiger partial charge in [-0.05, 0) is 18.1 Å². The van der Waals surface area contributed by atoms with Gasteiger partial charge < -0.3 is 25.2 Å². The smallest absolute Gasteiger partial charge is 0.408 e. The average molecular weight is 442 g/mol. The van der Waals surface area contributed by atoms with Gasteiger partial charge in [-0.25, -0.2) is 9.59 Å². The zero-order valence-electron chi connectivity index (χ0n) is 17.7. The lowest BCUT2D eigenvalue weighted by Gasteiger charge is -2.21. The summed E-state index contributed by atoms with van der Waals surface area (Å²) in [7, 11) is 0. The summed E-state index contributed by atoms with van der Waals surface area (Å²) in [5, 5.41) is 14.1. The number of alkyl carbamates (subject to hydrolysis) is 1. The van der Waals surface area contributed by atoms with E-state index in [4.69, 9.17) is 9.47 Å². The number of ether oxygens (including phenoxy) is 2. The zero-order valence-corrected chi connectivity index (χ0v) is 17.7. The van der Waals surface area contributed by atoms with E-state index in [0.717, 1.165) is 11.1 Å². The third-order valence-electron chi connectivity index (χ3n) is 4.39. The van der Waals surface area contributed by atoms with Crippen molar-refractivity contribution in [1.82, 2.24) is 10.6 Å². The van der Waals surface area contributed by atoms with Gasteiger partial charge in [-0.3, -0.25) is 9.59 Å². The molecule has 0 aliphatic heterocycles. The average Bonchev–Trinajstić information content (AvgIpc) is 2.78. The van der Waals surface area contributed by atoms with Crippen LogP contribution in [0.3, 0.4) is 0 Å². The molecule has 2 aromatic rings. The number of rotatable bonds is 11.